The molecular weight excluding hydrogens is 260 g/mol. The van der Waals surface area contributed by atoms with Crippen LogP contribution in [0.2, 0.25) is 0 Å². The molecule has 1 aromatic carbocycles. The fourth-order valence-electron chi connectivity index (χ4n) is 2.24. The van der Waals surface area contributed by atoms with Gasteiger partial charge in [0.25, 0.3) is 0 Å². The molecule has 0 aliphatic rings. The van der Waals surface area contributed by atoms with Crippen molar-refractivity contribution in [1.82, 2.24) is 0 Å². The maximum absolute atomic E-state index is 12.3. The second-order valence-corrected chi connectivity index (χ2v) is 5.27. The van der Waals surface area contributed by atoms with E-state index in [0.29, 0.717) is 6.54 Å². The second-order valence-electron chi connectivity index (χ2n) is 5.27. The van der Waals surface area contributed by atoms with Gasteiger partial charge in [0.15, 0.2) is 0 Å². The first kappa shape index (κ1) is 17.3. The number of nitrogens with two attached hydrogens (primary N) is 1. The molecule has 3 heteroatoms. The molecule has 3 N–H and O–H groups in total. The number of carbonyl (C=O) groups excluding carboxylic acids is 1. The molecule has 0 saturated heterocycles. The van der Waals surface area contributed by atoms with Gasteiger partial charge in [-0.1, -0.05) is 38.5 Å². The first-order chi connectivity index (χ1) is 10.1. The lowest BCUT2D eigenvalue weighted by Gasteiger charge is -2.15. The molecule has 0 aliphatic carbocycles. The minimum absolute atomic E-state index is 0.0990. The lowest BCUT2D eigenvalue weighted by atomic mass is 9.98. The zero-order valence-corrected chi connectivity index (χ0v) is 13.3. The summed E-state index contributed by atoms with van der Waals surface area (Å²) in [5.41, 5.74) is 8.23. The first-order valence-electron chi connectivity index (χ1n) is 7.72. The normalized spacial score (nSPS) is 11.4. The van der Waals surface area contributed by atoms with Crippen molar-refractivity contribution in [2.24, 2.45) is 11.7 Å². The minimum atomic E-state index is 0.0990. The summed E-state index contributed by atoms with van der Waals surface area (Å²) in [5, 5.41) is 3.01. The number of rotatable bonds is 6. The van der Waals surface area contributed by atoms with Crippen LogP contribution < -0.4 is 11.1 Å². The van der Waals surface area contributed by atoms with E-state index in [9.17, 15) is 4.79 Å². The van der Waals surface area contributed by atoms with Crippen LogP contribution in [0.15, 0.2) is 18.2 Å². The number of benzene rings is 1. The summed E-state index contributed by atoms with van der Waals surface area (Å²) >= 11 is 0. The molecule has 0 heterocycles. The summed E-state index contributed by atoms with van der Waals surface area (Å²) < 4.78 is 0. The standard InChI is InChI=1S/C18H26N2O/c1-4-6-8-15(5-2)18(21)20-17-11-10-16(9-7-12-19)14(3)13-17/h10-11,13,15H,4-6,8,12,19H2,1-3H3,(H,20,21). The van der Waals surface area contributed by atoms with Crippen molar-refractivity contribution in [1.29, 1.82) is 0 Å². The third-order valence-electron chi connectivity index (χ3n) is 3.59. The van der Waals surface area contributed by atoms with Gasteiger partial charge in [0.05, 0.1) is 6.54 Å². The van der Waals surface area contributed by atoms with Gasteiger partial charge in [-0.05, 0) is 43.5 Å². The van der Waals surface area contributed by atoms with E-state index >= 15 is 0 Å². The number of unbranched alkanes of at least 4 members (excludes halogenated alkanes) is 1. The van der Waals surface area contributed by atoms with Gasteiger partial charge >= 0.3 is 0 Å². The Morgan fingerprint density at radius 1 is 1.38 bits per heavy atom. The largest absolute Gasteiger partial charge is 0.326 e. The third-order valence-corrected chi connectivity index (χ3v) is 3.59. The highest BCUT2D eigenvalue weighted by atomic mass is 16.1. The number of aryl methyl sites for hydroxylation is 1. The van der Waals surface area contributed by atoms with E-state index in [1.54, 1.807) is 0 Å². The maximum Gasteiger partial charge on any atom is 0.227 e. The monoisotopic (exact) mass is 286 g/mol. The number of hydrogen-bond acceptors (Lipinski definition) is 2. The number of hydrogen-bond donors (Lipinski definition) is 2. The molecule has 0 fully saturated rings. The smallest absolute Gasteiger partial charge is 0.227 e. The molecule has 21 heavy (non-hydrogen) atoms. The molecule has 3 nitrogen and oxygen atoms in total. The van der Waals surface area contributed by atoms with E-state index < -0.39 is 0 Å². The lowest BCUT2D eigenvalue weighted by Crippen LogP contribution is -2.22. The Hall–Kier alpha value is -1.79. The van der Waals surface area contributed by atoms with Gasteiger partial charge in [0.2, 0.25) is 5.91 Å². The van der Waals surface area contributed by atoms with Crippen molar-refractivity contribution in [2.75, 3.05) is 11.9 Å². The zero-order valence-electron chi connectivity index (χ0n) is 13.3. The summed E-state index contributed by atoms with van der Waals surface area (Å²) in [6.45, 7) is 6.56. The Kier molecular flexibility index (Phi) is 7.56. The highest BCUT2D eigenvalue weighted by molar-refractivity contribution is 5.92. The second kappa shape index (κ2) is 9.20. The van der Waals surface area contributed by atoms with Gasteiger partial charge in [-0.25, -0.2) is 0 Å². The van der Waals surface area contributed by atoms with Crippen LogP contribution in [0.5, 0.6) is 0 Å². The Bertz CT molecular complexity index is 526. The van der Waals surface area contributed by atoms with Crippen LogP contribution in [0, 0.1) is 24.7 Å². The maximum atomic E-state index is 12.3. The van der Waals surface area contributed by atoms with Crippen LogP contribution >= 0.6 is 0 Å². The van der Waals surface area contributed by atoms with E-state index in [4.69, 9.17) is 5.73 Å². The van der Waals surface area contributed by atoms with Gasteiger partial charge in [-0.2, -0.15) is 0 Å². The Morgan fingerprint density at radius 3 is 2.71 bits per heavy atom. The molecule has 1 amide bonds. The molecule has 0 saturated carbocycles. The molecule has 0 aromatic heterocycles. The molecule has 1 aromatic rings. The minimum Gasteiger partial charge on any atom is -0.326 e. The van der Waals surface area contributed by atoms with Crippen LogP contribution in [0.4, 0.5) is 5.69 Å². The van der Waals surface area contributed by atoms with Crippen LogP contribution in [-0.4, -0.2) is 12.5 Å². The van der Waals surface area contributed by atoms with Gasteiger partial charge in [-0.15, -0.1) is 0 Å². The Morgan fingerprint density at radius 2 is 2.14 bits per heavy atom. The van der Waals surface area contributed by atoms with E-state index in [1.807, 2.05) is 25.1 Å². The zero-order chi connectivity index (χ0) is 15.7. The van der Waals surface area contributed by atoms with E-state index in [2.05, 4.69) is 31.0 Å². The summed E-state index contributed by atoms with van der Waals surface area (Å²) in [7, 11) is 0. The van der Waals surface area contributed by atoms with Crippen molar-refractivity contribution in [3.05, 3.63) is 29.3 Å². The van der Waals surface area contributed by atoms with Crippen molar-refractivity contribution in [3.8, 4) is 11.8 Å². The van der Waals surface area contributed by atoms with Crippen LogP contribution in [-0.2, 0) is 4.79 Å². The highest BCUT2D eigenvalue weighted by Crippen LogP contribution is 2.18. The van der Waals surface area contributed by atoms with Crippen LogP contribution in [0.1, 0.15) is 50.7 Å². The van der Waals surface area contributed by atoms with E-state index in [1.165, 1.54) is 0 Å². The number of amides is 1. The predicted molar refractivity (Wildman–Crippen MR) is 89.0 cm³/mol. The molecule has 0 aliphatic heterocycles. The average molecular weight is 286 g/mol. The Labute approximate surface area is 128 Å². The van der Waals surface area contributed by atoms with Crippen molar-refractivity contribution < 1.29 is 4.79 Å². The number of carbonyl (C=O) groups is 1. The molecule has 0 spiro atoms. The molecular formula is C18H26N2O. The van der Waals surface area contributed by atoms with Crippen LogP contribution in [0.3, 0.4) is 0 Å². The fraction of sp³-hybridized carbons (Fsp3) is 0.500. The van der Waals surface area contributed by atoms with Crippen molar-refractivity contribution >= 4 is 11.6 Å². The third kappa shape index (κ3) is 5.61. The summed E-state index contributed by atoms with van der Waals surface area (Å²) in [6.07, 6.45) is 4.05. The molecule has 1 atom stereocenters. The lowest BCUT2D eigenvalue weighted by molar-refractivity contribution is -0.120. The van der Waals surface area contributed by atoms with Crippen molar-refractivity contribution in [2.45, 2.75) is 46.5 Å². The molecule has 1 rings (SSSR count). The van der Waals surface area contributed by atoms with Gasteiger partial charge < -0.3 is 11.1 Å². The molecule has 1 unspecified atom stereocenters. The Balaban J connectivity index is 2.74. The van der Waals surface area contributed by atoms with Gasteiger partial charge in [0, 0.05) is 17.2 Å². The predicted octanol–water partition coefficient (Wildman–Crippen LogP) is 3.46. The summed E-state index contributed by atoms with van der Waals surface area (Å²) in [4.78, 5) is 12.3. The molecule has 114 valence electrons. The quantitative estimate of drug-likeness (QED) is 0.787. The molecule has 0 bridgehead atoms. The van der Waals surface area contributed by atoms with Gasteiger partial charge in [0.1, 0.15) is 0 Å². The number of nitrogens with one attached hydrogen (secondary N) is 1. The highest BCUT2D eigenvalue weighted by Gasteiger charge is 2.15. The van der Waals surface area contributed by atoms with E-state index in [-0.39, 0.29) is 11.8 Å². The van der Waals surface area contributed by atoms with Crippen molar-refractivity contribution in [3.63, 3.8) is 0 Å². The first-order valence-corrected chi connectivity index (χ1v) is 7.72. The molecule has 0 radical (unpaired) electrons. The van der Waals surface area contributed by atoms with Crippen LogP contribution in [0.25, 0.3) is 0 Å². The average Bonchev–Trinajstić information content (AvgIpc) is 2.47. The van der Waals surface area contributed by atoms with Gasteiger partial charge in [-0.3, -0.25) is 4.79 Å². The summed E-state index contributed by atoms with van der Waals surface area (Å²) in [6, 6.07) is 5.80. The number of anilines is 1. The summed E-state index contributed by atoms with van der Waals surface area (Å²) in [5.74, 6) is 6.09. The fourth-order valence-corrected chi connectivity index (χ4v) is 2.24. The topological polar surface area (TPSA) is 55.1 Å². The van der Waals surface area contributed by atoms with E-state index in [0.717, 1.165) is 42.5 Å². The SMILES string of the molecule is CCCCC(CC)C(=O)Nc1ccc(C#CCN)c(C)c1.